The van der Waals surface area contributed by atoms with Gasteiger partial charge >= 0.3 is 11.9 Å². The smallest absolute Gasteiger partial charge is 0.305 e. The van der Waals surface area contributed by atoms with Crippen molar-refractivity contribution in [3.8, 4) is 0 Å². The maximum Gasteiger partial charge on any atom is 0.305 e. The first-order chi connectivity index (χ1) is 9.06. The lowest BCUT2D eigenvalue weighted by Crippen LogP contribution is -2.12. The molecule has 2 N–H and O–H groups in total. The summed E-state index contributed by atoms with van der Waals surface area (Å²) in [4.78, 5) is 21.4. The van der Waals surface area contributed by atoms with Crippen molar-refractivity contribution in [2.24, 2.45) is 0 Å². The van der Waals surface area contributed by atoms with Crippen LogP contribution in [0, 0.1) is 0 Å². The molecule has 1 atom stereocenters. The van der Waals surface area contributed by atoms with Gasteiger partial charge in [0.1, 0.15) is 0 Å². The molecular formula is C14H26O5. The fourth-order valence-corrected chi connectivity index (χ4v) is 1.89. The standard InChI is InChI=1S/C14H26O5/c1-2-19-14(18)10-8-6-4-3-5-7-9-12(15)11-13(16)17/h12,15H,2-11H2,1H3,(H,16,17). The Hall–Kier alpha value is -1.10. The molecule has 0 aliphatic heterocycles. The van der Waals surface area contributed by atoms with Gasteiger partial charge in [0.25, 0.3) is 0 Å². The Morgan fingerprint density at radius 2 is 1.63 bits per heavy atom. The van der Waals surface area contributed by atoms with Crippen LogP contribution in [0.15, 0.2) is 0 Å². The predicted octanol–water partition coefficient (Wildman–Crippen LogP) is 2.51. The quantitative estimate of drug-likeness (QED) is 0.422. The summed E-state index contributed by atoms with van der Waals surface area (Å²) in [5.41, 5.74) is 0. The molecule has 0 aromatic heterocycles. The van der Waals surface area contributed by atoms with Crippen molar-refractivity contribution in [3.05, 3.63) is 0 Å². The Morgan fingerprint density at radius 1 is 1.05 bits per heavy atom. The first-order valence-corrected chi connectivity index (χ1v) is 7.11. The second-order valence-electron chi connectivity index (χ2n) is 4.72. The molecular weight excluding hydrogens is 248 g/mol. The number of ether oxygens (including phenoxy) is 1. The van der Waals surface area contributed by atoms with Crippen molar-refractivity contribution >= 4 is 11.9 Å². The first kappa shape index (κ1) is 17.9. The number of hydrogen-bond acceptors (Lipinski definition) is 4. The van der Waals surface area contributed by atoms with E-state index in [0.29, 0.717) is 19.4 Å². The Balaban J connectivity index is 3.23. The summed E-state index contributed by atoms with van der Waals surface area (Å²) >= 11 is 0. The van der Waals surface area contributed by atoms with Crippen molar-refractivity contribution < 1.29 is 24.5 Å². The Kier molecular flexibility index (Phi) is 11.3. The Labute approximate surface area is 115 Å². The van der Waals surface area contributed by atoms with Gasteiger partial charge in [-0.15, -0.1) is 0 Å². The monoisotopic (exact) mass is 274 g/mol. The molecule has 0 aromatic carbocycles. The van der Waals surface area contributed by atoms with E-state index in [9.17, 15) is 14.7 Å². The van der Waals surface area contributed by atoms with E-state index in [-0.39, 0.29) is 12.4 Å². The predicted molar refractivity (Wildman–Crippen MR) is 71.8 cm³/mol. The van der Waals surface area contributed by atoms with Gasteiger partial charge in [0.05, 0.1) is 19.1 Å². The van der Waals surface area contributed by atoms with Gasteiger partial charge in [0.15, 0.2) is 0 Å². The molecule has 0 saturated carbocycles. The van der Waals surface area contributed by atoms with E-state index in [4.69, 9.17) is 9.84 Å². The highest BCUT2D eigenvalue weighted by Gasteiger charge is 2.08. The van der Waals surface area contributed by atoms with Gasteiger partial charge in [-0.3, -0.25) is 9.59 Å². The van der Waals surface area contributed by atoms with Crippen LogP contribution >= 0.6 is 0 Å². The maximum atomic E-state index is 11.0. The van der Waals surface area contributed by atoms with E-state index in [1.165, 1.54) is 0 Å². The third-order valence-corrected chi connectivity index (χ3v) is 2.88. The lowest BCUT2D eigenvalue weighted by Gasteiger charge is -2.07. The van der Waals surface area contributed by atoms with Crippen LogP contribution in [0.5, 0.6) is 0 Å². The van der Waals surface area contributed by atoms with E-state index >= 15 is 0 Å². The number of unbranched alkanes of at least 4 members (excludes halogenated alkanes) is 5. The first-order valence-electron chi connectivity index (χ1n) is 7.11. The van der Waals surface area contributed by atoms with E-state index in [2.05, 4.69) is 0 Å². The van der Waals surface area contributed by atoms with Crippen LogP contribution in [0.25, 0.3) is 0 Å². The summed E-state index contributed by atoms with van der Waals surface area (Å²) in [6.45, 7) is 2.24. The van der Waals surface area contributed by atoms with Crippen LogP contribution in [0.2, 0.25) is 0 Å². The van der Waals surface area contributed by atoms with Crippen LogP contribution in [0.4, 0.5) is 0 Å². The topological polar surface area (TPSA) is 83.8 Å². The zero-order chi connectivity index (χ0) is 14.5. The molecule has 1 unspecified atom stereocenters. The van der Waals surface area contributed by atoms with Crippen molar-refractivity contribution in [3.63, 3.8) is 0 Å². The van der Waals surface area contributed by atoms with E-state index in [0.717, 1.165) is 38.5 Å². The van der Waals surface area contributed by atoms with Crippen molar-refractivity contribution in [1.82, 2.24) is 0 Å². The number of carbonyl (C=O) groups excluding carboxylic acids is 1. The van der Waals surface area contributed by atoms with Gasteiger partial charge in [-0.05, 0) is 19.8 Å². The van der Waals surface area contributed by atoms with Crippen LogP contribution in [0.3, 0.4) is 0 Å². The third kappa shape index (κ3) is 13.1. The number of rotatable bonds is 12. The molecule has 0 saturated heterocycles. The largest absolute Gasteiger partial charge is 0.481 e. The van der Waals surface area contributed by atoms with Crippen LogP contribution in [0.1, 0.15) is 64.7 Å². The van der Waals surface area contributed by atoms with E-state index in [1.807, 2.05) is 0 Å². The molecule has 0 heterocycles. The lowest BCUT2D eigenvalue weighted by atomic mass is 10.0. The Morgan fingerprint density at radius 3 is 2.21 bits per heavy atom. The van der Waals surface area contributed by atoms with Gasteiger partial charge < -0.3 is 14.9 Å². The fourth-order valence-electron chi connectivity index (χ4n) is 1.89. The minimum absolute atomic E-state index is 0.126. The summed E-state index contributed by atoms with van der Waals surface area (Å²) in [7, 11) is 0. The number of hydrogen-bond donors (Lipinski definition) is 2. The van der Waals surface area contributed by atoms with E-state index < -0.39 is 12.1 Å². The van der Waals surface area contributed by atoms with Gasteiger partial charge in [-0.25, -0.2) is 0 Å². The highest BCUT2D eigenvalue weighted by molar-refractivity contribution is 5.69. The number of aliphatic hydroxyl groups is 1. The lowest BCUT2D eigenvalue weighted by molar-refractivity contribution is -0.143. The number of carboxylic acid groups (broad SMARTS) is 1. The summed E-state index contributed by atoms with van der Waals surface area (Å²) in [6, 6.07) is 0. The van der Waals surface area contributed by atoms with Crippen molar-refractivity contribution in [2.75, 3.05) is 6.61 Å². The number of carbonyl (C=O) groups is 2. The molecule has 5 nitrogen and oxygen atoms in total. The summed E-state index contributed by atoms with van der Waals surface area (Å²) in [5.74, 6) is -1.08. The number of aliphatic hydroxyl groups excluding tert-OH is 1. The summed E-state index contributed by atoms with van der Waals surface area (Å²) in [6.07, 6.45) is 6.00. The average Bonchev–Trinajstić information content (AvgIpc) is 2.32. The van der Waals surface area contributed by atoms with Crippen LogP contribution < -0.4 is 0 Å². The minimum atomic E-state index is -0.952. The minimum Gasteiger partial charge on any atom is -0.481 e. The zero-order valence-electron chi connectivity index (χ0n) is 11.8. The normalized spacial score (nSPS) is 12.1. The van der Waals surface area contributed by atoms with Crippen molar-refractivity contribution in [1.29, 1.82) is 0 Å². The molecule has 0 bridgehead atoms. The average molecular weight is 274 g/mol. The highest BCUT2D eigenvalue weighted by atomic mass is 16.5. The molecule has 112 valence electrons. The second kappa shape index (κ2) is 12.0. The third-order valence-electron chi connectivity index (χ3n) is 2.88. The number of esters is 1. The number of aliphatic carboxylic acids is 1. The highest BCUT2D eigenvalue weighted by Crippen LogP contribution is 2.11. The van der Waals surface area contributed by atoms with Gasteiger partial charge in [-0.2, -0.15) is 0 Å². The van der Waals surface area contributed by atoms with Crippen LogP contribution in [-0.2, 0) is 14.3 Å². The number of carboxylic acids is 1. The molecule has 5 heteroatoms. The zero-order valence-corrected chi connectivity index (χ0v) is 11.8. The van der Waals surface area contributed by atoms with E-state index in [1.54, 1.807) is 6.92 Å². The molecule has 0 spiro atoms. The van der Waals surface area contributed by atoms with Gasteiger partial charge in [-0.1, -0.05) is 32.1 Å². The maximum absolute atomic E-state index is 11.0. The summed E-state index contributed by atoms with van der Waals surface area (Å²) in [5, 5.41) is 17.8. The molecule has 0 rings (SSSR count). The molecule has 0 amide bonds. The molecule has 19 heavy (non-hydrogen) atoms. The van der Waals surface area contributed by atoms with Crippen molar-refractivity contribution in [2.45, 2.75) is 70.8 Å². The molecule has 0 aliphatic carbocycles. The van der Waals surface area contributed by atoms with Gasteiger partial charge in [0.2, 0.25) is 0 Å². The molecule has 0 aromatic rings. The molecule has 0 fully saturated rings. The SMILES string of the molecule is CCOC(=O)CCCCCCCCC(O)CC(=O)O. The van der Waals surface area contributed by atoms with Gasteiger partial charge in [0, 0.05) is 6.42 Å². The Bertz CT molecular complexity index is 252. The molecule has 0 aliphatic rings. The molecule has 0 radical (unpaired) electrons. The van der Waals surface area contributed by atoms with Crippen LogP contribution in [-0.4, -0.2) is 34.9 Å². The fraction of sp³-hybridized carbons (Fsp3) is 0.857. The summed E-state index contributed by atoms with van der Waals surface area (Å²) < 4.78 is 4.83. The second-order valence-corrected chi connectivity index (χ2v) is 4.72.